The zero-order valence-corrected chi connectivity index (χ0v) is 12.7. The summed E-state index contributed by atoms with van der Waals surface area (Å²) in [6.07, 6.45) is 7.20. The molecular formula is C19H21NO. The van der Waals surface area contributed by atoms with Gasteiger partial charge in [-0.1, -0.05) is 50.4 Å². The monoisotopic (exact) mass is 279 g/mol. The molecule has 0 radical (unpaired) electrons. The van der Waals surface area contributed by atoms with E-state index in [2.05, 4.69) is 26.2 Å². The van der Waals surface area contributed by atoms with Crippen molar-refractivity contribution in [2.45, 2.75) is 19.8 Å². The van der Waals surface area contributed by atoms with Crippen LogP contribution in [0.2, 0.25) is 0 Å². The Morgan fingerprint density at radius 1 is 1.24 bits per heavy atom. The third-order valence-corrected chi connectivity index (χ3v) is 3.12. The maximum Gasteiger partial charge on any atom is 0.122 e. The highest BCUT2D eigenvalue weighted by Gasteiger charge is 2.08. The molecule has 0 saturated carbocycles. The van der Waals surface area contributed by atoms with Gasteiger partial charge in [0.1, 0.15) is 5.76 Å². The second-order valence-corrected chi connectivity index (χ2v) is 4.80. The van der Waals surface area contributed by atoms with E-state index >= 15 is 0 Å². The Morgan fingerprint density at radius 2 is 1.86 bits per heavy atom. The molecule has 2 heteroatoms. The van der Waals surface area contributed by atoms with Crippen molar-refractivity contribution in [1.82, 2.24) is 0 Å². The highest BCUT2D eigenvalue weighted by Crippen LogP contribution is 2.19. The van der Waals surface area contributed by atoms with E-state index < -0.39 is 0 Å². The molecule has 0 heterocycles. The van der Waals surface area contributed by atoms with Gasteiger partial charge in [-0.05, 0) is 36.3 Å². The summed E-state index contributed by atoms with van der Waals surface area (Å²) in [5, 5.41) is 8.81. The van der Waals surface area contributed by atoms with Crippen LogP contribution in [0.25, 0.3) is 0 Å². The number of ether oxygens (including phenoxy) is 1. The minimum Gasteiger partial charge on any atom is -0.493 e. The van der Waals surface area contributed by atoms with Crippen LogP contribution in [0.5, 0.6) is 0 Å². The third kappa shape index (κ3) is 5.16. The topological polar surface area (TPSA) is 33.0 Å². The average molecular weight is 279 g/mol. The Balaban J connectivity index is 2.73. The first-order valence-corrected chi connectivity index (χ1v) is 6.87. The molecule has 0 aliphatic carbocycles. The lowest BCUT2D eigenvalue weighted by molar-refractivity contribution is 0.204. The van der Waals surface area contributed by atoms with Crippen LogP contribution in [0.1, 0.15) is 30.9 Å². The Hall–Kier alpha value is -2.53. The van der Waals surface area contributed by atoms with E-state index in [-0.39, 0.29) is 5.92 Å². The molecule has 1 unspecified atom stereocenters. The molecule has 0 N–H and O–H groups in total. The first kappa shape index (κ1) is 16.5. The van der Waals surface area contributed by atoms with Gasteiger partial charge in [0.25, 0.3) is 0 Å². The summed E-state index contributed by atoms with van der Waals surface area (Å²) in [7, 11) is 0. The van der Waals surface area contributed by atoms with Crippen molar-refractivity contribution in [3.63, 3.8) is 0 Å². The zero-order chi connectivity index (χ0) is 15.7. The van der Waals surface area contributed by atoms with Crippen molar-refractivity contribution < 1.29 is 4.74 Å². The molecule has 0 aromatic heterocycles. The highest BCUT2D eigenvalue weighted by molar-refractivity contribution is 5.33. The minimum atomic E-state index is 0.238. The predicted octanol–water partition coefficient (Wildman–Crippen LogP) is 4.88. The van der Waals surface area contributed by atoms with Crippen molar-refractivity contribution in [1.29, 1.82) is 5.26 Å². The lowest BCUT2D eigenvalue weighted by Gasteiger charge is -2.16. The summed E-state index contributed by atoms with van der Waals surface area (Å²) < 4.78 is 5.88. The van der Waals surface area contributed by atoms with Crippen LogP contribution in [0.3, 0.4) is 0 Å². The molecule has 0 spiro atoms. The van der Waals surface area contributed by atoms with E-state index in [9.17, 15) is 0 Å². The molecule has 0 fully saturated rings. The standard InChI is InChI=1S/C19H21NO/c1-5-7-15(3)19(8-6-2)21-14-16(4)18-11-9-17(13-20)10-12-18/h5-12,16H,1-2,14H2,3-4H3/b15-7-,19-8+. The molecule has 0 bridgehead atoms. The van der Waals surface area contributed by atoms with E-state index in [4.69, 9.17) is 10.00 Å². The predicted molar refractivity (Wildman–Crippen MR) is 87.8 cm³/mol. The molecule has 2 nitrogen and oxygen atoms in total. The van der Waals surface area contributed by atoms with Crippen molar-refractivity contribution in [3.8, 4) is 6.07 Å². The number of nitrogens with zero attached hydrogens (tertiary/aromatic N) is 1. The second-order valence-electron chi connectivity index (χ2n) is 4.80. The molecule has 1 rings (SSSR count). The molecular weight excluding hydrogens is 258 g/mol. The quantitative estimate of drug-likeness (QED) is 0.526. The van der Waals surface area contributed by atoms with Crippen LogP contribution < -0.4 is 0 Å². The van der Waals surface area contributed by atoms with E-state index in [1.54, 1.807) is 12.2 Å². The minimum absolute atomic E-state index is 0.238. The number of hydrogen-bond donors (Lipinski definition) is 0. The lowest BCUT2D eigenvalue weighted by atomic mass is 10.0. The van der Waals surface area contributed by atoms with Gasteiger partial charge >= 0.3 is 0 Å². The van der Waals surface area contributed by atoms with Crippen molar-refractivity contribution in [3.05, 3.63) is 84.2 Å². The fraction of sp³-hybridized carbons (Fsp3) is 0.211. The average Bonchev–Trinajstić information content (AvgIpc) is 2.51. The van der Waals surface area contributed by atoms with Gasteiger partial charge in [-0.2, -0.15) is 5.26 Å². The number of allylic oxidation sites excluding steroid dienone is 5. The van der Waals surface area contributed by atoms with Gasteiger partial charge in [0.15, 0.2) is 0 Å². The fourth-order valence-corrected chi connectivity index (χ4v) is 1.86. The molecule has 0 saturated heterocycles. The van der Waals surface area contributed by atoms with Crippen LogP contribution in [-0.4, -0.2) is 6.61 Å². The van der Waals surface area contributed by atoms with Crippen LogP contribution in [-0.2, 0) is 4.74 Å². The summed E-state index contributed by atoms with van der Waals surface area (Å²) in [4.78, 5) is 0. The number of nitriles is 1. The Bertz CT molecular complexity index is 585. The van der Waals surface area contributed by atoms with Crippen LogP contribution in [0.4, 0.5) is 0 Å². The molecule has 1 atom stereocenters. The summed E-state index contributed by atoms with van der Waals surface area (Å²) in [6.45, 7) is 12.0. The van der Waals surface area contributed by atoms with Gasteiger partial charge in [-0.25, -0.2) is 0 Å². The smallest absolute Gasteiger partial charge is 0.122 e. The molecule has 1 aromatic rings. The van der Waals surface area contributed by atoms with Crippen LogP contribution >= 0.6 is 0 Å². The van der Waals surface area contributed by atoms with Gasteiger partial charge < -0.3 is 4.74 Å². The highest BCUT2D eigenvalue weighted by atomic mass is 16.5. The van der Waals surface area contributed by atoms with Crippen LogP contribution in [0.15, 0.2) is 73.1 Å². The first-order valence-electron chi connectivity index (χ1n) is 6.87. The SMILES string of the molecule is C=C/C=C(C)\C(=C/C=C)OCC(C)c1ccc(C#N)cc1. The van der Waals surface area contributed by atoms with Crippen molar-refractivity contribution >= 4 is 0 Å². The summed E-state index contributed by atoms with van der Waals surface area (Å²) in [5.41, 5.74) is 2.83. The number of benzene rings is 1. The van der Waals surface area contributed by atoms with Gasteiger partial charge in [0.05, 0.1) is 18.2 Å². The summed E-state index contributed by atoms with van der Waals surface area (Å²) in [5.74, 6) is 1.04. The van der Waals surface area contributed by atoms with Gasteiger partial charge in [0.2, 0.25) is 0 Å². The van der Waals surface area contributed by atoms with E-state index in [0.717, 1.165) is 16.9 Å². The molecule has 1 aromatic carbocycles. The van der Waals surface area contributed by atoms with Crippen molar-refractivity contribution in [2.75, 3.05) is 6.61 Å². The summed E-state index contributed by atoms with van der Waals surface area (Å²) in [6, 6.07) is 9.71. The van der Waals surface area contributed by atoms with E-state index in [0.29, 0.717) is 12.2 Å². The maximum absolute atomic E-state index is 8.81. The Kier molecular flexibility index (Phi) is 6.77. The molecule has 108 valence electrons. The largest absolute Gasteiger partial charge is 0.493 e. The van der Waals surface area contributed by atoms with Gasteiger partial charge in [-0.3, -0.25) is 0 Å². The maximum atomic E-state index is 8.81. The van der Waals surface area contributed by atoms with Gasteiger partial charge in [0, 0.05) is 5.92 Å². The summed E-state index contributed by atoms with van der Waals surface area (Å²) >= 11 is 0. The first-order chi connectivity index (χ1) is 10.1. The zero-order valence-electron chi connectivity index (χ0n) is 12.7. The normalized spacial score (nSPS) is 13.2. The number of rotatable bonds is 7. The Morgan fingerprint density at radius 3 is 2.38 bits per heavy atom. The van der Waals surface area contributed by atoms with Gasteiger partial charge in [-0.15, -0.1) is 0 Å². The fourth-order valence-electron chi connectivity index (χ4n) is 1.86. The van der Waals surface area contributed by atoms with E-state index in [1.165, 1.54) is 0 Å². The van der Waals surface area contributed by atoms with E-state index in [1.807, 2.05) is 43.3 Å². The molecule has 0 aliphatic heterocycles. The molecule has 21 heavy (non-hydrogen) atoms. The second kappa shape index (κ2) is 8.60. The third-order valence-electron chi connectivity index (χ3n) is 3.12. The Labute approximate surface area is 127 Å². The van der Waals surface area contributed by atoms with Crippen molar-refractivity contribution in [2.24, 2.45) is 0 Å². The molecule has 0 amide bonds. The molecule has 0 aliphatic rings. The van der Waals surface area contributed by atoms with Crippen LogP contribution in [0, 0.1) is 11.3 Å². The lowest BCUT2D eigenvalue weighted by Crippen LogP contribution is -2.05. The number of hydrogen-bond acceptors (Lipinski definition) is 2.